The molecular weight excluding hydrogens is 192 g/mol. The molecule has 2 atom stereocenters. The van der Waals surface area contributed by atoms with Crippen LogP contribution in [0.1, 0.15) is 32.1 Å². The molecule has 0 spiro atoms. The maximum Gasteiger partial charge on any atom is 0.0221 e. The summed E-state index contributed by atoms with van der Waals surface area (Å²) in [7, 11) is 0. The van der Waals surface area contributed by atoms with E-state index in [1.165, 1.54) is 50.2 Å². The van der Waals surface area contributed by atoms with E-state index in [1.54, 1.807) is 0 Å². The van der Waals surface area contributed by atoms with Crippen molar-refractivity contribution in [2.75, 3.05) is 24.6 Å². The van der Waals surface area contributed by atoms with Crippen molar-refractivity contribution in [2.45, 2.75) is 44.2 Å². The fourth-order valence-corrected chi connectivity index (χ4v) is 3.91. The number of likely N-dealkylation sites (tertiary alicyclic amines) is 1. The molecule has 0 aliphatic carbocycles. The summed E-state index contributed by atoms with van der Waals surface area (Å²) in [5.41, 5.74) is 5.85. The third-order valence-corrected chi connectivity index (χ3v) is 4.75. The molecule has 2 fully saturated rings. The van der Waals surface area contributed by atoms with E-state index in [1.807, 2.05) is 0 Å². The number of rotatable bonds is 2. The molecule has 2 heterocycles. The minimum atomic E-state index is 0.687. The Bertz CT molecular complexity index is 169. The number of piperidine rings is 1. The Labute approximate surface area is 91.6 Å². The van der Waals surface area contributed by atoms with Crippen LogP contribution in [-0.4, -0.2) is 41.6 Å². The van der Waals surface area contributed by atoms with Crippen molar-refractivity contribution < 1.29 is 0 Å². The van der Waals surface area contributed by atoms with Crippen LogP contribution in [0.15, 0.2) is 0 Å². The number of hydrogen-bond acceptors (Lipinski definition) is 3. The van der Waals surface area contributed by atoms with Crippen molar-refractivity contribution in [3.63, 3.8) is 0 Å². The second kappa shape index (κ2) is 5.38. The lowest BCUT2D eigenvalue weighted by Gasteiger charge is -2.42. The molecule has 0 bridgehead atoms. The number of thioether (sulfide) groups is 1. The van der Waals surface area contributed by atoms with E-state index in [9.17, 15) is 0 Å². The molecule has 3 heteroatoms. The number of hydrogen-bond donors (Lipinski definition) is 1. The van der Waals surface area contributed by atoms with E-state index < -0.39 is 0 Å². The van der Waals surface area contributed by atoms with Gasteiger partial charge in [0.2, 0.25) is 0 Å². The van der Waals surface area contributed by atoms with Gasteiger partial charge in [-0.2, -0.15) is 11.8 Å². The highest BCUT2D eigenvalue weighted by Gasteiger charge is 2.28. The summed E-state index contributed by atoms with van der Waals surface area (Å²) >= 11 is 2.13. The summed E-state index contributed by atoms with van der Waals surface area (Å²) in [6.07, 6.45) is 6.92. The first-order chi connectivity index (χ1) is 6.92. The van der Waals surface area contributed by atoms with Crippen molar-refractivity contribution in [1.29, 1.82) is 0 Å². The number of nitrogens with zero attached hydrogens (tertiary/aromatic N) is 1. The van der Waals surface area contributed by atoms with E-state index in [4.69, 9.17) is 5.73 Å². The van der Waals surface area contributed by atoms with Crippen LogP contribution in [0.3, 0.4) is 0 Å². The second-order valence-electron chi connectivity index (χ2n) is 4.49. The Balaban J connectivity index is 1.91. The molecule has 2 nitrogen and oxygen atoms in total. The van der Waals surface area contributed by atoms with E-state index in [-0.39, 0.29) is 0 Å². The van der Waals surface area contributed by atoms with Gasteiger partial charge in [0.25, 0.3) is 0 Å². The van der Waals surface area contributed by atoms with Crippen molar-refractivity contribution in [1.82, 2.24) is 4.90 Å². The zero-order valence-corrected chi connectivity index (χ0v) is 9.77. The lowest BCUT2D eigenvalue weighted by atomic mass is 9.98. The van der Waals surface area contributed by atoms with Crippen molar-refractivity contribution >= 4 is 11.8 Å². The fraction of sp³-hybridized carbons (Fsp3) is 1.00. The van der Waals surface area contributed by atoms with Gasteiger partial charge in [0.15, 0.2) is 0 Å². The van der Waals surface area contributed by atoms with Gasteiger partial charge in [0.05, 0.1) is 0 Å². The summed E-state index contributed by atoms with van der Waals surface area (Å²) in [6.45, 7) is 2.16. The van der Waals surface area contributed by atoms with Crippen LogP contribution in [0.4, 0.5) is 0 Å². The lowest BCUT2D eigenvalue weighted by Crippen LogP contribution is -2.51. The second-order valence-corrected chi connectivity index (χ2v) is 5.64. The van der Waals surface area contributed by atoms with Gasteiger partial charge in [0, 0.05) is 24.4 Å². The maximum absolute atomic E-state index is 5.85. The third kappa shape index (κ3) is 2.44. The molecule has 0 radical (unpaired) electrons. The van der Waals surface area contributed by atoms with Crippen molar-refractivity contribution in [3.8, 4) is 0 Å². The summed E-state index contributed by atoms with van der Waals surface area (Å²) in [6, 6.07) is 1.52. The maximum atomic E-state index is 5.85. The molecular formula is C11H22N2S. The molecule has 0 aromatic rings. The molecule has 2 rings (SSSR count). The van der Waals surface area contributed by atoms with Gasteiger partial charge in [-0.25, -0.2) is 0 Å². The zero-order valence-electron chi connectivity index (χ0n) is 8.95. The van der Waals surface area contributed by atoms with Crippen LogP contribution in [-0.2, 0) is 0 Å². The van der Waals surface area contributed by atoms with Gasteiger partial charge >= 0.3 is 0 Å². The quantitative estimate of drug-likeness (QED) is 0.758. The first-order valence-electron chi connectivity index (χ1n) is 5.95. The van der Waals surface area contributed by atoms with Gasteiger partial charge in [-0.1, -0.05) is 6.42 Å². The molecule has 0 aromatic carbocycles. The van der Waals surface area contributed by atoms with Crippen LogP contribution in [0, 0.1) is 0 Å². The third-order valence-electron chi connectivity index (χ3n) is 3.55. The Morgan fingerprint density at radius 3 is 2.86 bits per heavy atom. The topological polar surface area (TPSA) is 29.3 Å². The molecule has 14 heavy (non-hydrogen) atoms. The standard InChI is InChI=1S/C11H22N2S/c12-8-10-4-1-2-6-13(10)11-5-3-7-14-9-11/h10-11H,1-9,12H2. The molecule has 2 unspecified atom stereocenters. The summed E-state index contributed by atoms with van der Waals surface area (Å²) in [5, 5.41) is 0. The van der Waals surface area contributed by atoms with E-state index in [2.05, 4.69) is 16.7 Å². The minimum Gasteiger partial charge on any atom is -0.329 e. The average Bonchev–Trinajstić information content (AvgIpc) is 2.30. The van der Waals surface area contributed by atoms with Crippen LogP contribution in [0.2, 0.25) is 0 Å². The van der Waals surface area contributed by atoms with Crippen molar-refractivity contribution in [2.24, 2.45) is 5.73 Å². The number of nitrogens with two attached hydrogens (primary N) is 1. The summed E-state index contributed by atoms with van der Waals surface area (Å²) in [5.74, 6) is 2.72. The normalized spacial score (nSPS) is 35.8. The van der Waals surface area contributed by atoms with Crippen LogP contribution in [0.5, 0.6) is 0 Å². The van der Waals surface area contributed by atoms with Gasteiger partial charge in [-0.05, 0) is 38.0 Å². The molecule has 0 amide bonds. The van der Waals surface area contributed by atoms with E-state index in [0.717, 1.165) is 12.6 Å². The molecule has 82 valence electrons. The first-order valence-corrected chi connectivity index (χ1v) is 7.11. The SMILES string of the molecule is NCC1CCCCN1C1CCCSC1. The average molecular weight is 214 g/mol. The predicted octanol–water partition coefficient (Wildman–Crippen LogP) is 1.70. The van der Waals surface area contributed by atoms with Gasteiger partial charge in [0.1, 0.15) is 0 Å². The summed E-state index contributed by atoms with van der Waals surface area (Å²) in [4.78, 5) is 2.70. The Hall–Kier alpha value is 0.270. The molecule has 2 aliphatic rings. The van der Waals surface area contributed by atoms with Crippen LogP contribution < -0.4 is 5.73 Å². The van der Waals surface area contributed by atoms with Crippen molar-refractivity contribution in [3.05, 3.63) is 0 Å². The Morgan fingerprint density at radius 2 is 2.14 bits per heavy atom. The van der Waals surface area contributed by atoms with Crippen LogP contribution >= 0.6 is 11.8 Å². The van der Waals surface area contributed by atoms with Gasteiger partial charge < -0.3 is 5.73 Å². The largest absolute Gasteiger partial charge is 0.329 e. The molecule has 2 saturated heterocycles. The van der Waals surface area contributed by atoms with Gasteiger partial charge in [-0.15, -0.1) is 0 Å². The molecule has 2 aliphatic heterocycles. The van der Waals surface area contributed by atoms with E-state index in [0.29, 0.717) is 6.04 Å². The zero-order chi connectivity index (χ0) is 9.80. The monoisotopic (exact) mass is 214 g/mol. The van der Waals surface area contributed by atoms with Gasteiger partial charge in [-0.3, -0.25) is 4.90 Å². The highest BCUT2D eigenvalue weighted by Crippen LogP contribution is 2.27. The molecule has 0 aromatic heterocycles. The van der Waals surface area contributed by atoms with E-state index >= 15 is 0 Å². The predicted molar refractivity (Wildman–Crippen MR) is 63.7 cm³/mol. The minimum absolute atomic E-state index is 0.687. The smallest absolute Gasteiger partial charge is 0.0221 e. The Kier molecular flexibility index (Phi) is 4.14. The first kappa shape index (κ1) is 10.8. The Morgan fingerprint density at radius 1 is 1.21 bits per heavy atom. The highest BCUT2D eigenvalue weighted by atomic mass is 32.2. The highest BCUT2D eigenvalue weighted by molar-refractivity contribution is 7.99. The molecule has 2 N–H and O–H groups in total. The molecule has 0 saturated carbocycles. The summed E-state index contributed by atoms with van der Waals surface area (Å²) < 4.78 is 0. The lowest BCUT2D eigenvalue weighted by molar-refractivity contribution is 0.103. The fourth-order valence-electron chi connectivity index (χ4n) is 2.74. The van der Waals surface area contributed by atoms with Crippen LogP contribution in [0.25, 0.3) is 0 Å².